The van der Waals surface area contributed by atoms with Crippen molar-refractivity contribution in [2.45, 2.75) is 32.8 Å². The van der Waals surface area contributed by atoms with E-state index < -0.39 is 17.6 Å². The fourth-order valence-electron chi connectivity index (χ4n) is 3.85. The van der Waals surface area contributed by atoms with E-state index in [1.807, 2.05) is 25.1 Å². The highest BCUT2D eigenvalue weighted by atomic mass is 19.1. The van der Waals surface area contributed by atoms with Crippen LogP contribution in [0.1, 0.15) is 52.0 Å². The molecule has 4 rings (SSSR count). The lowest BCUT2D eigenvalue weighted by molar-refractivity contribution is 0.0696. The predicted octanol–water partition coefficient (Wildman–Crippen LogP) is 6.04. The van der Waals surface area contributed by atoms with Gasteiger partial charge in [0.05, 0.1) is 11.3 Å². The number of carboxylic acids is 1. The monoisotopic (exact) mass is 421 g/mol. The van der Waals surface area contributed by atoms with Crippen LogP contribution >= 0.6 is 0 Å². The first-order valence-corrected chi connectivity index (χ1v) is 10.0. The molecule has 1 aromatic heterocycles. The van der Waals surface area contributed by atoms with Crippen LogP contribution in [0.3, 0.4) is 0 Å². The van der Waals surface area contributed by atoms with Crippen molar-refractivity contribution < 1.29 is 23.4 Å². The smallest absolute Gasteiger partial charge is 0.335 e. The molecular formula is C25H21F2NO3. The summed E-state index contributed by atoms with van der Waals surface area (Å²) in [5, 5.41) is 9.32. The highest BCUT2D eigenvalue weighted by molar-refractivity contribution is 5.95. The molecule has 0 radical (unpaired) electrons. The van der Waals surface area contributed by atoms with Gasteiger partial charge in [-0.05, 0) is 73.7 Å². The lowest BCUT2D eigenvalue weighted by atomic mass is 9.97. The Labute approximate surface area is 178 Å². The Morgan fingerprint density at radius 1 is 1.06 bits per heavy atom. The predicted molar refractivity (Wildman–Crippen MR) is 114 cm³/mol. The summed E-state index contributed by atoms with van der Waals surface area (Å²) in [7, 11) is 0. The Morgan fingerprint density at radius 2 is 1.87 bits per heavy atom. The van der Waals surface area contributed by atoms with Crippen LogP contribution in [0.4, 0.5) is 8.78 Å². The Bertz CT molecular complexity index is 1190. The first-order chi connectivity index (χ1) is 14.9. The van der Waals surface area contributed by atoms with E-state index >= 15 is 0 Å². The topological polar surface area (TPSA) is 59.4 Å². The summed E-state index contributed by atoms with van der Waals surface area (Å²) < 4.78 is 33.1. The summed E-state index contributed by atoms with van der Waals surface area (Å²) >= 11 is 0. The van der Waals surface area contributed by atoms with Gasteiger partial charge >= 0.3 is 5.97 Å². The van der Waals surface area contributed by atoms with Crippen molar-refractivity contribution in [3.05, 3.63) is 94.3 Å². The third-order valence-corrected chi connectivity index (χ3v) is 5.39. The van der Waals surface area contributed by atoms with Crippen molar-refractivity contribution in [2.75, 3.05) is 0 Å². The van der Waals surface area contributed by atoms with Gasteiger partial charge < -0.3 is 9.84 Å². The summed E-state index contributed by atoms with van der Waals surface area (Å²) in [5.74, 6) is -1.68. The number of rotatable bonds is 6. The van der Waals surface area contributed by atoms with Crippen molar-refractivity contribution in [2.24, 2.45) is 0 Å². The number of aryl methyl sites for hydroxylation is 1. The molecule has 0 amide bonds. The van der Waals surface area contributed by atoms with E-state index in [0.717, 1.165) is 47.6 Å². The minimum absolute atomic E-state index is 0.0302. The van der Waals surface area contributed by atoms with Crippen molar-refractivity contribution in [3.63, 3.8) is 0 Å². The van der Waals surface area contributed by atoms with Crippen LogP contribution in [0.2, 0.25) is 0 Å². The number of ether oxygens (including phenoxy) is 1. The molecule has 158 valence electrons. The molecule has 1 N–H and O–H groups in total. The van der Waals surface area contributed by atoms with Crippen molar-refractivity contribution in [1.82, 2.24) is 4.98 Å². The van der Waals surface area contributed by atoms with Crippen LogP contribution in [-0.2, 0) is 6.61 Å². The van der Waals surface area contributed by atoms with E-state index in [0.29, 0.717) is 11.4 Å². The lowest BCUT2D eigenvalue weighted by Gasteiger charge is -2.16. The summed E-state index contributed by atoms with van der Waals surface area (Å²) in [6.07, 6.45) is 4.01. The highest BCUT2D eigenvalue weighted by Crippen LogP contribution is 2.42. The molecule has 0 saturated carbocycles. The first kappa shape index (κ1) is 20.7. The molecule has 0 bridgehead atoms. The second-order valence-electron chi connectivity index (χ2n) is 7.57. The molecule has 31 heavy (non-hydrogen) atoms. The molecule has 0 unspecified atom stereocenters. The normalized spacial score (nSPS) is 13.5. The zero-order chi connectivity index (χ0) is 22.0. The Balaban J connectivity index is 1.71. The molecule has 1 aliphatic rings. The first-order valence-electron chi connectivity index (χ1n) is 10.0. The number of nitrogens with zero attached hydrogens (tertiary/aromatic N) is 1. The van der Waals surface area contributed by atoms with Gasteiger partial charge in [-0.25, -0.2) is 13.6 Å². The lowest BCUT2D eigenvalue weighted by Crippen LogP contribution is -2.02. The fourth-order valence-corrected chi connectivity index (χ4v) is 3.85. The second-order valence-corrected chi connectivity index (χ2v) is 7.57. The maximum Gasteiger partial charge on any atom is 0.335 e. The Hall–Kier alpha value is -3.54. The molecule has 1 heterocycles. The summed E-state index contributed by atoms with van der Waals surface area (Å²) in [4.78, 5) is 15.8. The average molecular weight is 421 g/mol. The summed E-state index contributed by atoms with van der Waals surface area (Å²) in [5.41, 5.74) is 5.07. The van der Waals surface area contributed by atoms with E-state index in [-0.39, 0.29) is 17.7 Å². The molecule has 0 saturated heterocycles. The summed E-state index contributed by atoms with van der Waals surface area (Å²) in [6, 6.07) is 12.3. The number of hydrogen-bond acceptors (Lipinski definition) is 3. The number of carboxylic acid groups (broad SMARTS) is 1. The summed E-state index contributed by atoms with van der Waals surface area (Å²) in [6.45, 7) is 1.95. The largest absolute Gasteiger partial charge is 0.488 e. The molecule has 6 heteroatoms. The van der Waals surface area contributed by atoms with E-state index in [1.165, 1.54) is 24.4 Å². The standard InChI is InChI=1S/C25H21F2NO3/c1-15-5-8-24(31-14-17-6-7-18(26)13-22(17)27)21(11-15)19-3-2-4-20(19)23-12-16(25(29)30)9-10-28-23/h5-13H,2-4,14H2,1H3,(H,29,30). The zero-order valence-corrected chi connectivity index (χ0v) is 17.0. The molecule has 1 aliphatic carbocycles. The van der Waals surface area contributed by atoms with Crippen molar-refractivity contribution >= 4 is 17.1 Å². The molecule has 4 nitrogen and oxygen atoms in total. The number of halogens is 2. The van der Waals surface area contributed by atoms with Gasteiger partial charge in [0.15, 0.2) is 0 Å². The van der Waals surface area contributed by atoms with Gasteiger partial charge in [-0.1, -0.05) is 11.6 Å². The van der Waals surface area contributed by atoms with Gasteiger partial charge in [0.1, 0.15) is 24.0 Å². The van der Waals surface area contributed by atoms with Gasteiger partial charge in [-0.2, -0.15) is 0 Å². The van der Waals surface area contributed by atoms with Gasteiger partial charge in [0.2, 0.25) is 0 Å². The number of benzene rings is 2. The number of hydrogen-bond donors (Lipinski definition) is 1. The van der Waals surface area contributed by atoms with Crippen LogP contribution < -0.4 is 4.74 Å². The van der Waals surface area contributed by atoms with Crippen molar-refractivity contribution in [3.8, 4) is 5.75 Å². The van der Waals surface area contributed by atoms with Crippen LogP contribution in [0.25, 0.3) is 11.1 Å². The maximum atomic E-state index is 14.0. The van der Waals surface area contributed by atoms with Crippen molar-refractivity contribution in [1.29, 1.82) is 0 Å². The van der Waals surface area contributed by atoms with E-state index in [1.54, 1.807) is 6.07 Å². The molecule has 0 atom stereocenters. The zero-order valence-electron chi connectivity index (χ0n) is 17.0. The van der Waals surface area contributed by atoms with Gasteiger partial charge in [-0.15, -0.1) is 0 Å². The van der Waals surface area contributed by atoms with Crippen LogP contribution in [0, 0.1) is 18.6 Å². The third-order valence-electron chi connectivity index (χ3n) is 5.39. The Kier molecular flexibility index (Phi) is 5.80. The second kappa shape index (κ2) is 8.68. The molecule has 0 spiro atoms. The number of aromatic carboxylic acids is 1. The van der Waals surface area contributed by atoms with E-state index in [9.17, 15) is 18.7 Å². The molecular weight excluding hydrogens is 400 g/mol. The van der Waals surface area contributed by atoms with Gasteiger partial charge in [0.25, 0.3) is 0 Å². The van der Waals surface area contributed by atoms with Gasteiger partial charge in [0, 0.05) is 23.4 Å². The highest BCUT2D eigenvalue weighted by Gasteiger charge is 2.22. The minimum atomic E-state index is -0.996. The van der Waals surface area contributed by atoms with E-state index in [4.69, 9.17) is 4.74 Å². The SMILES string of the molecule is Cc1ccc(OCc2ccc(F)cc2F)c(C2=C(c3cc(C(=O)O)ccn3)CCC2)c1. The number of allylic oxidation sites excluding steroid dienone is 2. The average Bonchev–Trinajstić information content (AvgIpc) is 3.23. The van der Waals surface area contributed by atoms with Crippen LogP contribution in [0.5, 0.6) is 5.75 Å². The fraction of sp³-hybridized carbons (Fsp3) is 0.200. The minimum Gasteiger partial charge on any atom is -0.488 e. The van der Waals surface area contributed by atoms with Crippen LogP contribution in [-0.4, -0.2) is 16.1 Å². The Morgan fingerprint density at radius 3 is 2.65 bits per heavy atom. The molecule has 0 fully saturated rings. The quantitative estimate of drug-likeness (QED) is 0.527. The molecule has 3 aromatic rings. The maximum absolute atomic E-state index is 14.0. The van der Waals surface area contributed by atoms with E-state index in [2.05, 4.69) is 4.98 Å². The molecule has 0 aliphatic heterocycles. The number of carbonyl (C=O) groups is 1. The molecule has 2 aromatic carbocycles. The van der Waals surface area contributed by atoms with Crippen LogP contribution in [0.15, 0.2) is 54.7 Å². The number of pyridine rings is 1. The number of aromatic nitrogens is 1. The third kappa shape index (κ3) is 4.48. The van der Waals surface area contributed by atoms with Gasteiger partial charge in [-0.3, -0.25) is 4.98 Å².